The van der Waals surface area contributed by atoms with Gasteiger partial charge in [-0.3, -0.25) is 0 Å². The van der Waals surface area contributed by atoms with Crippen LogP contribution in [-0.2, 0) is 4.74 Å². The summed E-state index contributed by atoms with van der Waals surface area (Å²) < 4.78 is 6.03. The summed E-state index contributed by atoms with van der Waals surface area (Å²) in [5, 5.41) is 2.45. The number of hydrogen-bond acceptors (Lipinski definition) is 2. The fourth-order valence-corrected chi connectivity index (χ4v) is 2.70. The molecule has 21 heavy (non-hydrogen) atoms. The SMILES string of the molecule is c1ccc([C@H]2CN=C(c3ccc4ccccc4c3)O2)cc1. The lowest BCUT2D eigenvalue weighted by Crippen LogP contribution is -2.06. The molecule has 3 aromatic carbocycles. The van der Waals surface area contributed by atoms with E-state index in [1.54, 1.807) is 0 Å². The fourth-order valence-electron chi connectivity index (χ4n) is 2.70. The van der Waals surface area contributed by atoms with Gasteiger partial charge in [-0.15, -0.1) is 0 Å². The first kappa shape index (κ1) is 12.2. The summed E-state index contributed by atoms with van der Waals surface area (Å²) in [7, 11) is 0. The fraction of sp³-hybridized carbons (Fsp3) is 0.105. The molecule has 102 valence electrons. The van der Waals surface area contributed by atoms with Crippen LogP contribution in [0.2, 0.25) is 0 Å². The molecule has 2 nitrogen and oxygen atoms in total. The van der Waals surface area contributed by atoms with E-state index < -0.39 is 0 Å². The van der Waals surface area contributed by atoms with Gasteiger partial charge in [-0.25, -0.2) is 4.99 Å². The Morgan fingerprint density at radius 2 is 1.57 bits per heavy atom. The summed E-state index contributed by atoms with van der Waals surface area (Å²) in [6, 6.07) is 24.9. The highest BCUT2D eigenvalue weighted by molar-refractivity contribution is 5.99. The highest BCUT2D eigenvalue weighted by Gasteiger charge is 2.22. The Kier molecular flexibility index (Phi) is 2.93. The van der Waals surface area contributed by atoms with Crippen LogP contribution < -0.4 is 0 Å². The number of benzene rings is 3. The van der Waals surface area contributed by atoms with Crippen molar-refractivity contribution in [3.8, 4) is 0 Å². The van der Waals surface area contributed by atoms with E-state index in [0.29, 0.717) is 6.54 Å². The van der Waals surface area contributed by atoms with E-state index in [-0.39, 0.29) is 6.10 Å². The quantitative estimate of drug-likeness (QED) is 0.680. The Hall–Kier alpha value is -2.61. The zero-order chi connectivity index (χ0) is 14.1. The molecule has 0 amide bonds. The van der Waals surface area contributed by atoms with Crippen molar-refractivity contribution in [1.82, 2.24) is 0 Å². The second-order valence-corrected chi connectivity index (χ2v) is 5.22. The van der Waals surface area contributed by atoms with Gasteiger partial charge < -0.3 is 4.74 Å². The molecule has 4 rings (SSSR count). The number of fused-ring (bicyclic) bond motifs is 1. The monoisotopic (exact) mass is 273 g/mol. The summed E-state index contributed by atoms with van der Waals surface area (Å²) in [5.41, 5.74) is 2.23. The van der Waals surface area contributed by atoms with E-state index in [2.05, 4.69) is 59.6 Å². The van der Waals surface area contributed by atoms with Crippen molar-refractivity contribution in [2.75, 3.05) is 6.54 Å². The Bertz CT molecular complexity index is 808. The van der Waals surface area contributed by atoms with Crippen molar-refractivity contribution in [3.05, 3.63) is 83.9 Å². The minimum atomic E-state index is 0.0349. The molecule has 0 saturated carbocycles. The third-order valence-electron chi connectivity index (χ3n) is 3.82. The molecule has 1 aliphatic heterocycles. The van der Waals surface area contributed by atoms with Gasteiger partial charge in [0.15, 0.2) is 0 Å². The minimum absolute atomic E-state index is 0.0349. The molecule has 1 heterocycles. The molecule has 0 aromatic heterocycles. The number of ether oxygens (including phenoxy) is 1. The van der Waals surface area contributed by atoms with E-state index in [9.17, 15) is 0 Å². The summed E-state index contributed by atoms with van der Waals surface area (Å²) in [4.78, 5) is 4.56. The molecule has 0 saturated heterocycles. The molecule has 1 atom stereocenters. The Balaban J connectivity index is 1.62. The molecule has 2 heteroatoms. The lowest BCUT2D eigenvalue weighted by molar-refractivity contribution is 0.230. The second kappa shape index (κ2) is 5.06. The molecular weight excluding hydrogens is 258 g/mol. The second-order valence-electron chi connectivity index (χ2n) is 5.22. The van der Waals surface area contributed by atoms with E-state index in [0.717, 1.165) is 11.5 Å². The average Bonchev–Trinajstić information content (AvgIpc) is 3.05. The van der Waals surface area contributed by atoms with Gasteiger partial charge in [0.1, 0.15) is 6.10 Å². The molecule has 0 fully saturated rings. The molecule has 0 radical (unpaired) electrons. The lowest BCUT2D eigenvalue weighted by atomic mass is 10.1. The van der Waals surface area contributed by atoms with Crippen LogP contribution in [0, 0.1) is 0 Å². The molecule has 0 N–H and O–H groups in total. The van der Waals surface area contributed by atoms with Crippen molar-refractivity contribution in [2.24, 2.45) is 4.99 Å². The normalized spacial score (nSPS) is 17.5. The van der Waals surface area contributed by atoms with E-state index in [4.69, 9.17) is 4.74 Å². The Labute approximate surface area is 123 Å². The summed E-state index contributed by atoms with van der Waals surface area (Å²) in [6.07, 6.45) is 0.0349. The molecule has 3 aromatic rings. The lowest BCUT2D eigenvalue weighted by Gasteiger charge is -2.11. The van der Waals surface area contributed by atoms with Gasteiger partial charge in [0.2, 0.25) is 5.90 Å². The van der Waals surface area contributed by atoms with Gasteiger partial charge in [-0.05, 0) is 28.5 Å². The van der Waals surface area contributed by atoms with Crippen molar-refractivity contribution in [1.29, 1.82) is 0 Å². The molecule has 0 bridgehead atoms. The van der Waals surface area contributed by atoms with Gasteiger partial charge in [-0.1, -0.05) is 60.7 Å². The predicted molar refractivity (Wildman–Crippen MR) is 85.6 cm³/mol. The van der Waals surface area contributed by atoms with Crippen LogP contribution in [0.15, 0.2) is 77.8 Å². The van der Waals surface area contributed by atoms with E-state index >= 15 is 0 Å². The third-order valence-corrected chi connectivity index (χ3v) is 3.82. The molecular formula is C19H15NO. The zero-order valence-electron chi connectivity index (χ0n) is 11.6. The van der Waals surface area contributed by atoms with Crippen LogP contribution >= 0.6 is 0 Å². The molecule has 1 aliphatic rings. The number of hydrogen-bond donors (Lipinski definition) is 0. The Morgan fingerprint density at radius 1 is 0.810 bits per heavy atom. The van der Waals surface area contributed by atoms with Gasteiger partial charge in [-0.2, -0.15) is 0 Å². The first-order valence-electron chi connectivity index (χ1n) is 7.15. The molecule has 0 spiro atoms. The number of aliphatic imine (C=N–C) groups is 1. The molecule has 0 unspecified atom stereocenters. The van der Waals surface area contributed by atoms with Gasteiger partial charge in [0.25, 0.3) is 0 Å². The highest BCUT2D eigenvalue weighted by Crippen LogP contribution is 2.26. The van der Waals surface area contributed by atoms with Crippen LogP contribution in [0.1, 0.15) is 17.2 Å². The van der Waals surface area contributed by atoms with Crippen molar-refractivity contribution >= 4 is 16.7 Å². The van der Waals surface area contributed by atoms with Crippen molar-refractivity contribution in [3.63, 3.8) is 0 Å². The predicted octanol–water partition coefficient (Wildman–Crippen LogP) is 4.36. The maximum absolute atomic E-state index is 6.03. The van der Waals surface area contributed by atoms with Crippen LogP contribution in [0.4, 0.5) is 0 Å². The van der Waals surface area contributed by atoms with Gasteiger partial charge in [0.05, 0.1) is 6.54 Å². The molecule has 0 aliphatic carbocycles. The smallest absolute Gasteiger partial charge is 0.216 e. The summed E-state index contributed by atoms with van der Waals surface area (Å²) in [5.74, 6) is 0.745. The van der Waals surface area contributed by atoms with Crippen LogP contribution in [-0.4, -0.2) is 12.4 Å². The largest absolute Gasteiger partial charge is 0.467 e. The van der Waals surface area contributed by atoms with Gasteiger partial charge in [0, 0.05) is 5.56 Å². The van der Waals surface area contributed by atoms with Crippen molar-refractivity contribution < 1.29 is 4.74 Å². The van der Waals surface area contributed by atoms with Crippen LogP contribution in [0.5, 0.6) is 0 Å². The topological polar surface area (TPSA) is 21.6 Å². The number of nitrogens with zero attached hydrogens (tertiary/aromatic N) is 1. The van der Waals surface area contributed by atoms with Crippen molar-refractivity contribution in [2.45, 2.75) is 6.10 Å². The van der Waals surface area contributed by atoms with E-state index in [1.807, 2.05) is 18.2 Å². The third kappa shape index (κ3) is 2.29. The van der Waals surface area contributed by atoms with Crippen LogP contribution in [0.25, 0.3) is 10.8 Å². The highest BCUT2D eigenvalue weighted by atomic mass is 16.5. The van der Waals surface area contributed by atoms with E-state index in [1.165, 1.54) is 16.3 Å². The van der Waals surface area contributed by atoms with Crippen LogP contribution in [0.3, 0.4) is 0 Å². The zero-order valence-corrected chi connectivity index (χ0v) is 11.6. The average molecular weight is 273 g/mol. The first-order valence-corrected chi connectivity index (χ1v) is 7.15. The minimum Gasteiger partial charge on any atom is -0.467 e. The Morgan fingerprint density at radius 3 is 2.43 bits per heavy atom. The standard InChI is InChI=1S/C19H15NO/c1-2-7-15(8-3-1)18-13-20-19(21-18)17-11-10-14-6-4-5-9-16(14)12-17/h1-12,18H,13H2/t18-/m1/s1. The first-order chi connectivity index (χ1) is 10.4. The maximum Gasteiger partial charge on any atom is 0.216 e. The number of rotatable bonds is 2. The van der Waals surface area contributed by atoms with Gasteiger partial charge >= 0.3 is 0 Å². The summed E-state index contributed by atoms with van der Waals surface area (Å²) >= 11 is 0. The summed E-state index contributed by atoms with van der Waals surface area (Å²) in [6.45, 7) is 0.687. The maximum atomic E-state index is 6.03.